The van der Waals surface area contributed by atoms with Crippen LogP contribution in [-0.4, -0.2) is 39.1 Å². The zero-order valence-electron chi connectivity index (χ0n) is 38.0. The number of phenolic OH excluding ortho intramolecular Hbond substituents is 2. The molecule has 0 heterocycles. The molecule has 4 aromatic carbocycles. The molecule has 332 valence electrons. The number of hydrazine groups is 2. The predicted octanol–water partition coefficient (Wildman–Crippen LogP) is 8.56. The van der Waals surface area contributed by atoms with Gasteiger partial charge < -0.3 is 15.5 Å². The Labute approximate surface area is 372 Å². The van der Waals surface area contributed by atoms with Crippen molar-refractivity contribution in [1.29, 1.82) is 0 Å². The largest absolute Gasteiger partial charge is 0.507 e. The number of benzene rings is 4. The number of amides is 5. The number of nitrogens with one attached hydrogen (secondary N) is 6. The zero-order chi connectivity index (χ0) is 46.2. The number of hydrogen-bond donors (Lipinski definition) is 8. The predicted molar refractivity (Wildman–Crippen MR) is 250 cm³/mol. The number of carbonyl (C=O) groups is 4. The normalized spacial score (nSPS) is 11.9. The van der Waals surface area contributed by atoms with Crippen molar-refractivity contribution in [3.05, 3.63) is 123 Å². The van der Waals surface area contributed by atoms with Gasteiger partial charge in [-0.15, -0.1) is 0 Å². The average molecular weight is 865 g/mol. The molecule has 62 heavy (non-hydrogen) atoms. The van der Waals surface area contributed by atoms with Crippen molar-refractivity contribution in [2.24, 2.45) is 0 Å². The first-order valence-corrected chi connectivity index (χ1v) is 21.3. The maximum absolute atomic E-state index is 12.9. The number of phenols is 2. The molecule has 13 heteroatoms. The topological polar surface area (TPSA) is 181 Å². The van der Waals surface area contributed by atoms with Crippen molar-refractivity contribution in [2.45, 2.75) is 130 Å². The molecule has 0 aliphatic heterocycles. The van der Waals surface area contributed by atoms with Crippen LogP contribution in [0.5, 0.6) is 11.5 Å². The summed E-state index contributed by atoms with van der Waals surface area (Å²) in [5.41, 5.74) is 15.3. The van der Waals surface area contributed by atoms with E-state index in [0.29, 0.717) is 30.5 Å². The molecule has 0 atom stereocenters. The quantitative estimate of drug-likeness (QED) is 0.0546. The number of anilines is 1. The highest BCUT2D eigenvalue weighted by Crippen LogP contribution is 2.42. The zero-order valence-corrected chi connectivity index (χ0v) is 38.8. The third kappa shape index (κ3) is 13.8. The fourth-order valence-electron chi connectivity index (χ4n) is 7.12. The lowest BCUT2D eigenvalue weighted by molar-refractivity contribution is -0.122. The number of thiocarbonyl (C=S) groups is 1. The van der Waals surface area contributed by atoms with Crippen LogP contribution in [0.1, 0.15) is 138 Å². The van der Waals surface area contributed by atoms with Gasteiger partial charge in [0.1, 0.15) is 11.5 Å². The Kier molecular flexibility index (Phi) is 15.6. The molecule has 0 aliphatic carbocycles. The highest BCUT2D eigenvalue weighted by molar-refractivity contribution is 7.80. The van der Waals surface area contributed by atoms with Crippen LogP contribution in [0.15, 0.2) is 78.9 Å². The Bertz CT molecular complexity index is 2250. The van der Waals surface area contributed by atoms with E-state index in [4.69, 9.17) is 12.2 Å². The second kappa shape index (κ2) is 19.8. The van der Waals surface area contributed by atoms with E-state index in [0.717, 1.165) is 38.9 Å². The van der Waals surface area contributed by atoms with Gasteiger partial charge in [-0.1, -0.05) is 131 Å². The Morgan fingerprint density at radius 3 is 1.52 bits per heavy atom. The van der Waals surface area contributed by atoms with Crippen LogP contribution < -0.4 is 32.3 Å². The molecule has 8 N–H and O–H groups in total. The van der Waals surface area contributed by atoms with E-state index >= 15 is 0 Å². The summed E-state index contributed by atoms with van der Waals surface area (Å²) in [6.45, 7) is 22.4. The van der Waals surface area contributed by atoms with Gasteiger partial charge in [-0.05, 0) is 111 Å². The molecule has 0 saturated carbocycles. The summed E-state index contributed by atoms with van der Waals surface area (Å²) in [4.78, 5) is 50.9. The van der Waals surface area contributed by atoms with Gasteiger partial charge in [0.15, 0.2) is 5.11 Å². The molecule has 0 saturated heterocycles. The molecular weight excluding hydrogens is 801 g/mol. The van der Waals surface area contributed by atoms with E-state index in [1.165, 1.54) is 0 Å². The lowest BCUT2D eigenvalue weighted by Gasteiger charge is -2.31. The summed E-state index contributed by atoms with van der Waals surface area (Å²) in [5.74, 6) is -0.619. The SMILES string of the molecule is CC(C)(C)c1cc(CCC(=O)NNC(=O)Nc2cccc(CC(C)(C)c3cc(CCC(=O)NNC(=S)NC(=O)c4ccccc4)cc(C(C)(C)C)c3O)c2)cc(C(C)(C)C)c1O. The Balaban J connectivity index is 1.36. The van der Waals surface area contributed by atoms with Crippen molar-refractivity contribution < 1.29 is 29.4 Å². The Morgan fingerprint density at radius 2 is 1.02 bits per heavy atom. The number of aromatic hydroxyl groups is 2. The number of aryl methyl sites for hydroxylation is 2. The minimum Gasteiger partial charge on any atom is -0.507 e. The average Bonchev–Trinajstić information content (AvgIpc) is 3.17. The summed E-state index contributed by atoms with van der Waals surface area (Å²) in [7, 11) is 0. The van der Waals surface area contributed by atoms with Crippen LogP contribution in [0, 0.1) is 0 Å². The third-order valence-electron chi connectivity index (χ3n) is 10.5. The summed E-state index contributed by atoms with van der Waals surface area (Å²) < 4.78 is 0. The van der Waals surface area contributed by atoms with E-state index in [2.05, 4.69) is 32.3 Å². The fraction of sp³-hybridized carbons (Fsp3) is 0.408. The van der Waals surface area contributed by atoms with E-state index in [-0.39, 0.29) is 52.1 Å². The van der Waals surface area contributed by atoms with Crippen molar-refractivity contribution in [1.82, 2.24) is 27.0 Å². The standard InChI is InChI=1S/C49H64N6O6S/c1-46(2,3)35-25-30(26-36(41(35)58)47(4,5)6)20-22-39(56)52-54-44(61)50-34-19-15-16-32(24-34)29-49(10,11)38-28-31(27-37(42(38)59)48(7,8)9)21-23-40(57)53-55-45(62)51-43(60)33-17-13-12-14-18-33/h12-19,24-28,58-59H,20-23,29H2,1-11H3,(H,52,56)(H,53,57)(H2,50,54,61)(H2,51,55,60,62). The van der Waals surface area contributed by atoms with Gasteiger partial charge in [0.05, 0.1) is 0 Å². The Hall–Kier alpha value is -5.95. The van der Waals surface area contributed by atoms with Gasteiger partial charge in [-0.2, -0.15) is 0 Å². The molecule has 12 nitrogen and oxygen atoms in total. The van der Waals surface area contributed by atoms with E-state index in [1.807, 2.05) is 119 Å². The summed E-state index contributed by atoms with van der Waals surface area (Å²) >= 11 is 5.18. The second-order valence-corrected chi connectivity index (χ2v) is 19.9. The number of urea groups is 1. The highest BCUT2D eigenvalue weighted by atomic mass is 32.1. The van der Waals surface area contributed by atoms with E-state index in [9.17, 15) is 29.4 Å². The molecule has 4 rings (SSSR count). The lowest BCUT2D eigenvalue weighted by Crippen LogP contribution is -2.48. The number of rotatable bonds is 11. The maximum Gasteiger partial charge on any atom is 0.337 e. The minimum atomic E-state index is -0.609. The summed E-state index contributed by atoms with van der Waals surface area (Å²) in [6.07, 6.45) is 1.55. The van der Waals surface area contributed by atoms with Crippen LogP contribution in [-0.2, 0) is 50.5 Å². The first-order valence-electron chi connectivity index (χ1n) is 20.9. The van der Waals surface area contributed by atoms with Gasteiger partial charge in [-0.25, -0.2) is 10.2 Å². The molecule has 4 aromatic rings. The van der Waals surface area contributed by atoms with Gasteiger partial charge in [-0.3, -0.25) is 36.0 Å². The first kappa shape index (κ1) is 48.7. The fourth-order valence-corrected chi connectivity index (χ4v) is 7.27. The van der Waals surface area contributed by atoms with Crippen LogP contribution in [0.25, 0.3) is 0 Å². The first-order chi connectivity index (χ1) is 28.7. The third-order valence-corrected chi connectivity index (χ3v) is 10.7. The van der Waals surface area contributed by atoms with Gasteiger partial charge in [0.2, 0.25) is 11.8 Å². The number of carbonyl (C=O) groups excluding carboxylic acids is 4. The van der Waals surface area contributed by atoms with E-state index in [1.54, 1.807) is 36.4 Å². The van der Waals surface area contributed by atoms with Crippen molar-refractivity contribution in [2.75, 3.05) is 5.32 Å². The highest BCUT2D eigenvalue weighted by Gasteiger charge is 2.31. The van der Waals surface area contributed by atoms with Gasteiger partial charge >= 0.3 is 6.03 Å². The minimum absolute atomic E-state index is 0.0368. The lowest BCUT2D eigenvalue weighted by atomic mass is 9.74. The van der Waals surface area contributed by atoms with Crippen LogP contribution >= 0.6 is 12.2 Å². The van der Waals surface area contributed by atoms with Crippen molar-refractivity contribution in [3.8, 4) is 11.5 Å². The molecule has 0 aromatic heterocycles. The smallest absolute Gasteiger partial charge is 0.337 e. The molecule has 0 aliphatic rings. The maximum atomic E-state index is 12.9. The van der Waals surface area contributed by atoms with Gasteiger partial charge in [0, 0.05) is 29.7 Å². The van der Waals surface area contributed by atoms with E-state index < -0.39 is 22.8 Å². The molecule has 0 bridgehead atoms. The molecule has 0 fully saturated rings. The van der Waals surface area contributed by atoms with Crippen molar-refractivity contribution in [3.63, 3.8) is 0 Å². The van der Waals surface area contributed by atoms with Gasteiger partial charge in [0.25, 0.3) is 5.91 Å². The molecule has 5 amide bonds. The molecule has 0 spiro atoms. The monoisotopic (exact) mass is 864 g/mol. The molecule has 0 radical (unpaired) electrons. The Morgan fingerprint density at radius 1 is 0.548 bits per heavy atom. The summed E-state index contributed by atoms with van der Waals surface area (Å²) in [6, 6.07) is 23.1. The van der Waals surface area contributed by atoms with Crippen molar-refractivity contribution >= 4 is 46.8 Å². The number of hydrogen-bond acceptors (Lipinski definition) is 7. The summed E-state index contributed by atoms with van der Waals surface area (Å²) in [5, 5.41) is 28.0. The van der Waals surface area contributed by atoms with Crippen LogP contribution in [0.4, 0.5) is 10.5 Å². The van der Waals surface area contributed by atoms with Crippen LogP contribution in [0.3, 0.4) is 0 Å². The second-order valence-electron chi connectivity index (χ2n) is 19.5. The molecular formula is C49H64N6O6S. The molecule has 0 unspecified atom stereocenters. The van der Waals surface area contributed by atoms with Crippen LogP contribution in [0.2, 0.25) is 0 Å².